The zero-order valence-electron chi connectivity index (χ0n) is 10.2. The molecule has 4 rings (SSSR count). The summed E-state index contributed by atoms with van der Waals surface area (Å²) in [4.78, 5) is 10.3. The summed E-state index contributed by atoms with van der Waals surface area (Å²) in [5.74, 6) is 0. The first-order valence-electron chi connectivity index (χ1n) is 5.98. The van der Waals surface area contributed by atoms with Gasteiger partial charge in [-0.3, -0.25) is 0 Å². The van der Waals surface area contributed by atoms with Crippen LogP contribution in [0.4, 0.5) is 11.4 Å². The number of anilines is 1. The molecule has 96 valence electrons. The van der Waals surface area contributed by atoms with Crippen LogP contribution in [0.5, 0.6) is 0 Å². The molecule has 0 atom stereocenters. The number of thiophene rings is 1. The van der Waals surface area contributed by atoms with E-state index >= 15 is 0 Å². The van der Waals surface area contributed by atoms with Gasteiger partial charge >= 0.3 is 0 Å². The van der Waals surface area contributed by atoms with E-state index in [0.717, 1.165) is 26.8 Å². The summed E-state index contributed by atoms with van der Waals surface area (Å²) in [5.41, 5.74) is 9.45. The summed E-state index contributed by atoms with van der Waals surface area (Å²) in [6, 6.07) is 11.7. The largest absolute Gasteiger partial charge is 0.397 e. The Bertz CT molecular complexity index is 991. The minimum Gasteiger partial charge on any atom is -0.397 e. The van der Waals surface area contributed by atoms with E-state index in [1.165, 1.54) is 4.70 Å². The molecule has 6 heteroatoms. The van der Waals surface area contributed by atoms with Crippen LogP contribution in [0.25, 0.3) is 31.5 Å². The molecular formula is C14H8N4S2. The standard InChI is InChI=1S/C14H8N4S2/c15-8-5-10-11(6-9(8)18-19)17-14-13(16-10)7-3-1-2-4-12(7)20-14/h1-6H,15H2. The molecule has 0 radical (unpaired) electrons. The van der Waals surface area contributed by atoms with Crippen molar-refractivity contribution in [3.8, 4) is 0 Å². The topological polar surface area (TPSA) is 64.2 Å². The maximum atomic E-state index is 5.90. The lowest BCUT2D eigenvalue weighted by molar-refractivity contribution is 1.42. The van der Waals surface area contributed by atoms with Gasteiger partial charge in [0, 0.05) is 22.5 Å². The molecular weight excluding hydrogens is 288 g/mol. The number of nitrogens with two attached hydrogens (primary N) is 1. The Morgan fingerprint density at radius 1 is 1.10 bits per heavy atom. The highest BCUT2D eigenvalue weighted by Gasteiger charge is 2.10. The van der Waals surface area contributed by atoms with Crippen LogP contribution in [0.1, 0.15) is 0 Å². The molecule has 2 aromatic heterocycles. The van der Waals surface area contributed by atoms with Crippen molar-refractivity contribution >= 4 is 66.6 Å². The van der Waals surface area contributed by atoms with Crippen LogP contribution >= 0.6 is 11.3 Å². The van der Waals surface area contributed by atoms with Gasteiger partial charge in [0.1, 0.15) is 16.0 Å². The molecule has 4 nitrogen and oxygen atoms in total. The number of nitrogen functional groups attached to an aromatic ring is 1. The van der Waals surface area contributed by atoms with Crippen LogP contribution in [0.3, 0.4) is 0 Å². The first-order valence-corrected chi connectivity index (χ1v) is 7.16. The lowest BCUT2D eigenvalue weighted by Gasteiger charge is -2.02. The number of fused-ring (bicyclic) bond motifs is 4. The average Bonchev–Trinajstić information content (AvgIpc) is 2.82. The third-order valence-corrected chi connectivity index (χ3v) is 4.48. The van der Waals surface area contributed by atoms with Crippen LogP contribution in [0.2, 0.25) is 0 Å². The highest BCUT2D eigenvalue weighted by atomic mass is 32.1. The molecule has 20 heavy (non-hydrogen) atoms. The Hall–Kier alpha value is -2.18. The van der Waals surface area contributed by atoms with Crippen molar-refractivity contribution in [2.75, 3.05) is 5.73 Å². The maximum Gasteiger partial charge on any atom is 0.143 e. The van der Waals surface area contributed by atoms with Gasteiger partial charge < -0.3 is 5.73 Å². The van der Waals surface area contributed by atoms with Crippen molar-refractivity contribution in [1.82, 2.24) is 9.97 Å². The van der Waals surface area contributed by atoms with E-state index in [9.17, 15) is 0 Å². The number of benzene rings is 2. The van der Waals surface area contributed by atoms with E-state index in [4.69, 9.17) is 23.1 Å². The third kappa shape index (κ3) is 1.59. The third-order valence-electron chi connectivity index (χ3n) is 3.23. The minimum atomic E-state index is 0.528. The van der Waals surface area contributed by atoms with E-state index in [1.54, 1.807) is 23.5 Å². The van der Waals surface area contributed by atoms with Crippen molar-refractivity contribution in [1.29, 1.82) is 0 Å². The molecule has 0 aliphatic rings. The number of nitrogens with zero attached hydrogens (tertiary/aromatic N) is 3. The highest BCUT2D eigenvalue weighted by molar-refractivity contribution is 7.47. The van der Waals surface area contributed by atoms with Gasteiger partial charge in [0.15, 0.2) is 0 Å². The van der Waals surface area contributed by atoms with Crippen molar-refractivity contribution in [2.45, 2.75) is 0 Å². The van der Waals surface area contributed by atoms with Gasteiger partial charge in [-0.1, -0.05) is 18.2 Å². The van der Waals surface area contributed by atoms with Gasteiger partial charge in [-0.05, 0) is 18.2 Å². The Morgan fingerprint density at radius 2 is 1.90 bits per heavy atom. The molecule has 0 unspecified atom stereocenters. The molecule has 2 aromatic carbocycles. The fourth-order valence-electron chi connectivity index (χ4n) is 2.27. The van der Waals surface area contributed by atoms with E-state index in [0.29, 0.717) is 11.4 Å². The summed E-state index contributed by atoms with van der Waals surface area (Å²) in [7, 11) is 0. The normalized spacial score (nSPS) is 11.4. The van der Waals surface area contributed by atoms with Gasteiger partial charge in [0.25, 0.3) is 0 Å². The van der Waals surface area contributed by atoms with Crippen molar-refractivity contribution in [3.63, 3.8) is 0 Å². The molecule has 2 N–H and O–H groups in total. The van der Waals surface area contributed by atoms with E-state index in [1.807, 2.05) is 12.1 Å². The van der Waals surface area contributed by atoms with Gasteiger partial charge in [-0.15, -0.1) is 11.3 Å². The zero-order valence-corrected chi connectivity index (χ0v) is 11.8. The molecule has 0 aliphatic heterocycles. The van der Waals surface area contributed by atoms with Crippen LogP contribution in [0.15, 0.2) is 40.8 Å². The zero-order chi connectivity index (χ0) is 13.7. The lowest BCUT2D eigenvalue weighted by atomic mass is 10.2. The second-order valence-corrected chi connectivity index (χ2v) is 5.68. The second-order valence-electron chi connectivity index (χ2n) is 4.47. The Balaban J connectivity index is 2.18. The molecule has 0 saturated carbocycles. The first-order chi connectivity index (χ1) is 9.76. The van der Waals surface area contributed by atoms with Gasteiger partial charge in [0.2, 0.25) is 0 Å². The fourth-order valence-corrected chi connectivity index (χ4v) is 3.46. The SMILES string of the molecule is Nc1cc2nc3c(nc2cc1N=S)sc1ccccc13. The Kier molecular flexibility index (Phi) is 2.42. The smallest absolute Gasteiger partial charge is 0.143 e. The summed E-state index contributed by atoms with van der Waals surface area (Å²) >= 11 is 6.35. The van der Waals surface area contributed by atoms with Crippen LogP contribution in [-0.4, -0.2) is 9.97 Å². The lowest BCUT2D eigenvalue weighted by Crippen LogP contribution is -1.89. The molecule has 0 aliphatic carbocycles. The van der Waals surface area contributed by atoms with Crippen LogP contribution in [0, 0.1) is 0 Å². The van der Waals surface area contributed by atoms with Gasteiger partial charge in [-0.2, -0.15) is 4.36 Å². The number of hydrogen-bond donors (Lipinski definition) is 1. The van der Waals surface area contributed by atoms with E-state index in [-0.39, 0.29) is 0 Å². The highest BCUT2D eigenvalue weighted by Crippen LogP contribution is 2.34. The monoisotopic (exact) mass is 296 g/mol. The average molecular weight is 296 g/mol. The molecule has 0 fully saturated rings. The quantitative estimate of drug-likeness (QED) is 0.540. The van der Waals surface area contributed by atoms with Crippen molar-refractivity contribution in [3.05, 3.63) is 36.4 Å². The van der Waals surface area contributed by atoms with E-state index < -0.39 is 0 Å². The summed E-state index contributed by atoms with van der Waals surface area (Å²) in [5, 5.41) is 1.12. The molecule has 0 spiro atoms. The summed E-state index contributed by atoms with van der Waals surface area (Å²) < 4.78 is 4.92. The second kappa shape index (κ2) is 4.16. The predicted molar refractivity (Wildman–Crippen MR) is 86.3 cm³/mol. The Labute approximate surface area is 123 Å². The van der Waals surface area contributed by atoms with Crippen molar-refractivity contribution < 1.29 is 0 Å². The minimum absolute atomic E-state index is 0.528. The van der Waals surface area contributed by atoms with Crippen LogP contribution in [-0.2, 0) is 12.4 Å². The van der Waals surface area contributed by atoms with Gasteiger partial charge in [0.05, 0.1) is 16.7 Å². The molecule has 4 aromatic rings. The number of hydrogen-bond acceptors (Lipinski definition) is 6. The fraction of sp³-hybridized carbons (Fsp3) is 0. The van der Waals surface area contributed by atoms with Crippen molar-refractivity contribution in [2.24, 2.45) is 4.36 Å². The number of aromatic nitrogens is 2. The summed E-state index contributed by atoms with van der Waals surface area (Å²) in [6.07, 6.45) is 0. The molecule has 0 saturated heterocycles. The van der Waals surface area contributed by atoms with Gasteiger partial charge in [-0.25, -0.2) is 9.97 Å². The Morgan fingerprint density at radius 3 is 2.75 bits per heavy atom. The summed E-state index contributed by atoms with van der Waals surface area (Å²) in [6.45, 7) is 0. The maximum absolute atomic E-state index is 5.90. The van der Waals surface area contributed by atoms with E-state index in [2.05, 4.69) is 21.5 Å². The first kappa shape index (κ1) is 11.6. The molecule has 0 bridgehead atoms. The number of rotatable bonds is 1. The predicted octanol–water partition coefficient (Wildman–Crippen LogP) is 3.94. The molecule has 2 heterocycles. The molecule has 0 amide bonds. The van der Waals surface area contributed by atoms with Crippen LogP contribution < -0.4 is 5.73 Å².